The zero-order chi connectivity index (χ0) is 19.7. The summed E-state index contributed by atoms with van der Waals surface area (Å²) in [5.74, 6) is 0.996. The summed E-state index contributed by atoms with van der Waals surface area (Å²) < 4.78 is 0. The fourth-order valence-electron chi connectivity index (χ4n) is 4.87. The SMILES string of the molecule is CC(C)NC[C@H]1[C@@H](c2ccc(C3=CCCC3)cc2)[C@@H](CO)N1C(=O)CC1CC1. The molecule has 0 radical (unpaired) electrons. The lowest BCUT2D eigenvalue weighted by Gasteiger charge is -2.55. The van der Waals surface area contributed by atoms with Crippen LogP contribution in [0, 0.1) is 5.92 Å². The average molecular weight is 383 g/mol. The summed E-state index contributed by atoms with van der Waals surface area (Å²) in [7, 11) is 0. The van der Waals surface area contributed by atoms with E-state index in [9.17, 15) is 9.90 Å². The summed E-state index contributed by atoms with van der Waals surface area (Å²) in [5.41, 5.74) is 4.02. The number of hydrogen-bond acceptors (Lipinski definition) is 3. The number of carbonyl (C=O) groups excluding carboxylic acids is 1. The van der Waals surface area contributed by atoms with E-state index in [4.69, 9.17) is 0 Å². The minimum Gasteiger partial charge on any atom is -0.394 e. The highest BCUT2D eigenvalue weighted by atomic mass is 16.3. The topological polar surface area (TPSA) is 52.6 Å². The van der Waals surface area contributed by atoms with E-state index in [1.54, 1.807) is 0 Å². The normalized spacial score (nSPS) is 27.1. The number of likely N-dealkylation sites (tertiary alicyclic amines) is 1. The number of allylic oxidation sites excluding steroid dienone is 2. The number of nitrogens with one attached hydrogen (secondary N) is 1. The molecule has 1 heterocycles. The fraction of sp³-hybridized carbons (Fsp3) is 0.625. The zero-order valence-corrected chi connectivity index (χ0v) is 17.2. The van der Waals surface area contributed by atoms with Gasteiger partial charge in [-0.2, -0.15) is 0 Å². The molecule has 0 unspecified atom stereocenters. The van der Waals surface area contributed by atoms with E-state index >= 15 is 0 Å². The van der Waals surface area contributed by atoms with Gasteiger partial charge in [0, 0.05) is 24.9 Å². The monoisotopic (exact) mass is 382 g/mol. The lowest BCUT2D eigenvalue weighted by Crippen LogP contribution is -2.68. The number of nitrogens with zero attached hydrogens (tertiary/aromatic N) is 1. The van der Waals surface area contributed by atoms with Gasteiger partial charge in [0.2, 0.25) is 5.91 Å². The maximum Gasteiger partial charge on any atom is 0.223 e. The van der Waals surface area contributed by atoms with Crippen LogP contribution in [0.25, 0.3) is 5.57 Å². The molecule has 0 aromatic heterocycles. The summed E-state index contributed by atoms with van der Waals surface area (Å²) in [5, 5.41) is 13.6. The molecule has 1 aromatic rings. The number of benzene rings is 1. The molecule has 3 atom stereocenters. The highest BCUT2D eigenvalue weighted by molar-refractivity contribution is 5.79. The zero-order valence-electron chi connectivity index (χ0n) is 17.2. The van der Waals surface area contributed by atoms with Crippen molar-refractivity contribution in [2.45, 2.75) is 76.4 Å². The molecule has 0 bridgehead atoms. The second kappa shape index (κ2) is 8.38. The van der Waals surface area contributed by atoms with Crippen LogP contribution in [0.5, 0.6) is 0 Å². The molecular weight excluding hydrogens is 348 g/mol. The van der Waals surface area contributed by atoms with E-state index in [0.29, 0.717) is 18.4 Å². The van der Waals surface area contributed by atoms with Crippen LogP contribution in [0.2, 0.25) is 0 Å². The van der Waals surface area contributed by atoms with Crippen molar-refractivity contribution in [1.29, 1.82) is 0 Å². The lowest BCUT2D eigenvalue weighted by atomic mass is 9.74. The first-order chi connectivity index (χ1) is 13.6. The third-order valence-corrected chi connectivity index (χ3v) is 6.62. The van der Waals surface area contributed by atoms with Gasteiger partial charge in [0.1, 0.15) is 0 Å². The Balaban J connectivity index is 1.53. The minimum atomic E-state index is -0.0956. The Bertz CT molecular complexity index is 721. The number of amides is 1. The standard InChI is InChI=1S/C24H34N2O2/c1-16(2)25-14-21-24(22(15-27)26(21)23(28)13-17-7-8-17)20-11-9-19(10-12-20)18-5-3-4-6-18/h5,9-12,16-17,21-22,24-25,27H,3-4,6-8,13-15H2,1-2H3/t21-,22+,24+/m0/s1. The summed E-state index contributed by atoms with van der Waals surface area (Å²) in [6, 6.07) is 9.29. The molecule has 2 fully saturated rings. The number of hydrogen-bond donors (Lipinski definition) is 2. The first-order valence-corrected chi connectivity index (χ1v) is 11.0. The van der Waals surface area contributed by atoms with Crippen LogP contribution in [-0.2, 0) is 4.79 Å². The van der Waals surface area contributed by atoms with Crippen molar-refractivity contribution in [2.24, 2.45) is 5.92 Å². The maximum atomic E-state index is 12.9. The van der Waals surface area contributed by atoms with Gasteiger partial charge in [0.25, 0.3) is 0 Å². The van der Waals surface area contributed by atoms with Crippen molar-refractivity contribution in [2.75, 3.05) is 13.2 Å². The highest BCUT2D eigenvalue weighted by Gasteiger charge is 2.51. The number of aliphatic hydroxyl groups excluding tert-OH is 1. The van der Waals surface area contributed by atoms with Crippen LogP contribution in [0.3, 0.4) is 0 Å². The predicted molar refractivity (Wildman–Crippen MR) is 113 cm³/mol. The number of rotatable bonds is 8. The van der Waals surface area contributed by atoms with Crippen LogP contribution in [-0.4, -0.2) is 47.2 Å². The third kappa shape index (κ3) is 4.04. The fourth-order valence-corrected chi connectivity index (χ4v) is 4.87. The molecule has 152 valence electrons. The van der Waals surface area contributed by atoms with Crippen LogP contribution in [0.1, 0.15) is 69.4 Å². The Morgan fingerprint density at radius 3 is 2.54 bits per heavy atom. The Labute approximate surface area is 169 Å². The molecule has 1 aromatic carbocycles. The summed E-state index contributed by atoms with van der Waals surface area (Å²) in [6.45, 7) is 5.09. The average Bonchev–Trinajstić information content (AvgIpc) is 3.30. The molecule has 4 nitrogen and oxygen atoms in total. The molecule has 4 rings (SSSR count). The number of carbonyl (C=O) groups is 1. The van der Waals surface area contributed by atoms with Gasteiger partial charge in [0.05, 0.1) is 18.7 Å². The molecule has 1 aliphatic heterocycles. The first-order valence-electron chi connectivity index (χ1n) is 11.0. The summed E-state index contributed by atoms with van der Waals surface area (Å²) in [6.07, 6.45) is 8.97. The maximum absolute atomic E-state index is 12.9. The Hall–Kier alpha value is -1.65. The minimum absolute atomic E-state index is 0.0339. The molecule has 2 N–H and O–H groups in total. The molecule has 2 aliphatic carbocycles. The highest BCUT2D eigenvalue weighted by Crippen LogP contribution is 2.43. The van der Waals surface area contributed by atoms with Crippen LogP contribution in [0.4, 0.5) is 0 Å². The van der Waals surface area contributed by atoms with Crippen molar-refractivity contribution in [3.8, 4) is 0 Å². The van der Waals surface area contributed by atoms with E-state index in [1.165, 1.54) is 48.8 Å². The van der Waals surface area contributed by atoms with Crippen molar-refractivity contribution in [3.63, 3.8) is 0 Å². The van der Waals surface area contributed by atoms with Crippen LogP contribution in [0.15, 0.2) is 30.3 Å². The van der Waals surface area contributed by atoms with Crippen LogP contribution >= 0.6 is 0 Å². The van der Waals surface area contributed by atoms with Gasteiger partial charge in [-0.15, -0.1) is 0 Å². The molecule has 4 heteroatoms. The van der Waals surface area contributed by atoms with E-state index in [0.717, 1.165) is 6.54 Å². The second-order valence-corrected chi connectivity index (χ2v) is 9.10. The Morgan fingerprint density at radius 1 is 1.21 bits per heavy atom. The van der Waals surface area contributed by atoms with E-state index in [1.807, 2.05) is 4.90 Å². The van der Waals surface area contributed by atoms with E-state index in [2.05, 4.69) is 49.5 Å². The molecule has 28 heavy (non-hydrogen) atoms. The van der Waals surface area contributed by atoms with Crippen molar-refractivity contribution in [3.05, 3.63) is 41.5 Å². The summed E-state index contributed by atoms with van der Waals surface area (Å²) >= 11 is 0. The van der Waals surface area contributed by atoms with Crippen molar-refractivity contribution >= 4 is 11.5 Å². The van der Waals surface area contributed by atoms with Crippen molar-refractivity contribution in [1.82, 2.24) is 10.2 Å². The van der Waals surface area contributed by atoms with Gasteiger partial charge in [-0.3, -0.25) is 4.79 Å². The smallest absolute Gasteiger partial charge is 0.223 e. The molecular formula is C24H34N2O2. The van der Waals surface area contributed by atoms with E-state index in [-0.39, 0.29) is 30.5 Å². The largest absolute Gasteiger partial charge is 0.394 e. The van der Waals surface area contributed by atoms with Crippen LogP contribution < -0.4 is 5.32 Å². The van der Waals surface area contributed by atoms with Gasteiger partial charge in [-0.05, 0) is 54.7 Å². The van der Waals surface area contributed by atoms with Gasteiger partial charge in [-0.1, -0.05) is 44.2 Å². The van der Waals surface area contributed by atoms with E-state index < -0.39 is 0 Å². The quantitative estimate of drug-likeness (QED) is 0.721. The molecule has 1 saturated heterocycles. The Kier molecular flexibility index (Phi) is 5.88. The number of aliphatic hydroxyl groups is 1. The van der Waals surface area contributed by atoms with Gasteiger partial charge in [0.15, 0.2) is 0 Å². The predicted octanol–water partition coefficient (Wildman–Crippen LogP) is 3.71. The van der Waals surface area contributed by atoms with Gasteiger partial charge in [-0.25, -0.2) is 0 Å². The molecule has 1 saturated carbocycles. The lowest BCUT2D eigenvalue weighted by molar-refractivity contribution is -0.150. The second-order valence-electron chi connectivity index (χ2n) is 9.10. The molecule has 3 aliphatic rings. The van der Waals surface area contributed by atoms with Gasteiger partial charge < -0.3 is 15.3 Å². The first kappa shape index (κ1) is 19.7. The van der Waals surface area contributed by atoms with Crippen molar-refractivity contribution < 1.29 is 9.90 Å². The van der Waals surface area contributed by atoms with Gasteiger partial charge >= 0.3 is 0 Å². The summed E-state index contributed by atoms with van der Waals surface area (Å²) in [4.78, 5) is 14.9. The third-order valence-electron chi connectivity index (χ3n) is 6.62. The molecule has 0 spiro atoms. The molecule has 1 amide bonds. The Morgan fingerprint density at radius 2 is 1.96 bits per heavy atom.